The Balaban J connectivity index is 2.22. The maximum absolute atomic E-state index is 10.8. The second-order valence-corrected chi connectivity index (χ2v) is 4.65. The molecule has 0 aliphatic carbocycles. The van der Waals surface area contributed by atoms with Crippen molar-refractivity contribution < 1.29 is 9.90 Å². The van der Waals surface area contributed by atoms with Gasteiger partial charge < -0.3 is 5.11 Å². The van der Waals surface area contributed by atoms with Crippen LogP contribution in [0.3, 0.4) is 0 Å². The van der Waals surface area contributed by atoms with E-state index >= 15 is 0 Å². The standard InChI is InChI=1S/C10H10N4O2S/c1-6-9(10(15)16)11-8(17-6)4-3-7-5-14(2)13-12-7/h3-5H,1-2H3,(H,15,16)/b4-3+. The highest BCUT2D eigenvalue weighted by Gasteiger charge is 2.12. The van der Waals surface area contributed by atoms with Gasteiger partial charge in [-0.1, -0.05) is 5.21 Å². The number of aromatic carboxylic acids is 1. The third-order valence-corrected chi connectivity index (χ3v) is 2.97. The molecular weight excluding hydrogens is 240 g/mol. The third-order valence-electron chi connectivity index (χ3n) is 2.03. The zero-order chi connectivity index (χ0) is 12.4. The van der Waals surface area contributed by atoms with Crippen molar-refractivity contribution in [2.24, 2.45) is 7.05 Å². The van der Waals surface area contributed by atoms with Crippen molar-refractivity contribution in [1.29, 1.82) is 0 Å². The van der Waals surface area contributed by atoms with Gasteiger partial charge in [-0.25, -0.2) is 9.78 Å². The van der Waals surface area contributed by atoms with Crippen LogP contribution in [-0.2, 0) is 7.05 Å². The van der Waals surface area contributed by atoms with Gasteiger partial charge in [0.25, 0.3) is 0 Å². The van der Waals surface area contributed by atoms with Crippen LogP contribution in [0, 0.1) is 6.92 Å². The smallest absolute Gasteiger partial charge is 0.355 e. The van der Waals surface area contributed by atoms with E-state index in [0.717, 1.165) is 0 Å². The number of carboxylic acid groups (broad SMARTS) is 1. The summed E-state index contributed by atoms with van der Waals surface area (Å²) in [6.07, 6.45) is 5.24. The average molecular weight is 250 g/mol. The van der Waals surface area contributed by atoms with E-state index in [-0.39, 0.29) is 5.69 Å². The number of hydrogen-bond acceptors (Lipinski definition) is 5. The van der Waals surface area contributed by atoms with Crippen LogP contribution in [0.5, 0.6) is 0 Å². The van der Waals surface area contributed by atoms with Gasteiger partial charge in [0.05, 0.1) is 6.20 Å². The quantitative estimate of drug-likeness (QED) is 0.891. The average Bonchev–Trinajstić information content (AvgIpc) is 2.82. The van der Waals surface area contributed by atoms with Gasteiger partial charge in [0.15, 0.2) is 5.69 Å². The first-order chi connectivity index (χ1) is 8.06. The molecule has 6 nitrogen and oxygen atoms in total. The summed E-state index contributed by atoms with van der Waals surface area (Å²) >= 11 is 1.33. The Labute approximate surface area is 101 Å². The van der Waals surface area contributed by atoms with Crippen LogP contribution in [0.1, 0.15) is 26.1 Å². The van der Waals surface area contributed by atoms with Crippen molar-refractivity contribution >= 4 is 29.5 Å². The fraction of sp³-hybridized carbons (Fsp3) is 0.200. The van der Waals surface area contributed by atoms with E-state index in [0.29, 0.717) is 15.6 Å². The van der Waals surface area contributed by atoms with Crippen molar-refractivity contribution in [1.82, 2.24) is 20.0 Å². The molecule has 0 saturated heterocycles. The zero-order valence-electron chi connectivity index (χ0n) is 9.28. The van der Waals surface area contributed by atoms with Gasteiger partial charge in [-0.3, -0.25) is 4.68 Å². The van der Waals surface area contributed by atoms with Crippen LogP contribution < -0.4 is 0 Å². The molecule has 0 saturated carbocycles. The molecule has 0 atom stereocenters. The van der Waals surface area contributed by atoms with Gasteiger partial charge in [-0.2, -0.15) is 0 Å². The topological polar surface area (TPSA) is 80.9 Å². The van der Waals surface area contributed by atoms with E-state index in [2.05, 4.69) is 15.3 Å². The molecule has 0 radical (unpaired) electrons. The maximum atomic E-state index is 10.8. The molecule has 17 heavy (non-hydrogen) atoms. The van der Waals surface area contributed by atoms with Crippen molar-refractivity contribution in [3.8, 4) is 0 Å². The molecule has 7 heteroatoms. The summed E-state index contributed by atoms with van der Waals surface area (Å²) < 4.78 is 1.59. The molecular formula is C10H10N4O2S. The fourth-order valence-electron chi connectivity index (χ4n) is 1.28. The Morgan fingerprint density at radius 2 is 2.29 bits per heavy atom. The third kappa shape index (κ3) is 2.56. The Hall–Kier alpha value is -2.02. The first-order valence-corrected chi connectivity index (χ1v) is 5.63. The van der Waals surface area contributed by atoms with Crippen molar-refractivity contribution in [3.63, 3.8) is 0 Å². The first-order valence-electron chi connectivity index (χ1n) is 4.81. The SMILES string of the molecule is Cc1sc(/C=C/c2cn(C)nn2)nc1C(=O)O. The Morgan fingerprint density at radius 1 is 1.53 bits per heavy atom. The molecule has 0 aliphatic rings. The molecule has 2 aromatic rings. The molecule has 0 aromatic carbocycles. The van der Waals surface area contributed by atoms with Crippen molar-refractivity contribution in [2.45, 2.75) is 6.92 Å². The Morgan fingerprint density at radius 3 is 2.82 bits per heavy atom. The fourth-order valence-corrected chi connectivity index (χ4v) is 2.10. The van der Waals surface area contributed by atoms with Crippen LogP contribution in [-0.4, -0.2) is 31.1 Å². The van der Waals surface area contributed by atoms with Crippen LogP contribution in [0.4, 0.5) is 0 Å². The van der Waals surface area contributed by atoms with Gasteiger partial charge >= 0.3 is 5.97 Å². The Kier molecular flexibility index (Phi) is 3.01. The van der Waals surface area contributed by atoms with E-state index in [1.165, 1.54) is 11.3 Å². The second-order valence-electron chi connectivity index (χ2n) is 3.41. The van der Waals surface area contributed by atoms with E-state index < -0.39 is 5.97 Å². The lowest BCUT2D eigenvalue weighted by Crippen LogP contribution is -1.98. The van der Waals surface area contributed by atoms with Gasteiger partial charge in [0.2, 0.25) is 0 Å². The summed E-state index contributed by atoms with van der Waals surface area (Å²) in [7, 11) is 1.78. The molecule has 0 fully saturated rings. The number of carbonyl (C=O) groups is 1. The normalized spacial score (nSPS) is 11.2. The van der Waals surface area contributed by atoms with E-state index in [1.807, 2.05) is 0 Å². The molecule has 0 unspecified atom stereocenters. The molecule has 2 heterocycles. The molecule has 0 bridgehead atoms. The minimum Gasteiger partial charge on any atom is -0.476 e. The lowest BCUT2D eigenvalue weighted by Gasteiger charge is -1.85. The molecule has 0 aliphatic heterocycles. The summed E-state index contributed by atoms with van der Waals surface area (Å²) in [5, 5.41) is 17.2. The second kappa shape index (κ2) is 4.46. The summed E-state index contributed by atoms with van der Waals surface area (Å²) in [4.78, 5) is 15.5. The summed E-state index contributed by atoms with van der Waals surface area (Å²) in [6, 6.07) is 0. The lowest BCUT2D eigenvalue weighted by atomic mass is 10.4. The largest absolute Gasteiger partial charge is 0.476 e. The number of hydrogen-bond donors (Lipinski definition) is 1. The molecule has 88 valence electrons. The van der Waals surface area contributed by atoms with Crippen molar-refractivity contribution in [2.75, 3.05) is 0 Å². The highest BCUT2D eigenvalue weighted by molar-refractivity contribution is 7.12. The van der Waals surface area contributed by atoms with Crippen LogP contribution in [0.15, 0.2) is 6.20 Å². The molecule has 2 aromatic heterocycles. The van der Waals surface area contributed by atoms with Crippen LogP contribution in [0.2, 0.25) is 0 Å². The predicted molar refractivity (Wildman–Crippen MR) is 63.7 cm³/mol. The number of carboxylic acids is 1. The van der Waals surface area contributed by atoms with Gasteiger partial charge in [0, 0.05) is 11.9 Å². The van der Waals surface area contributed by atoms with Crippen LogP contribution in [0.25, 0.3) is 12.2 Å². The number of aromatic nitrogens is 4. The number of aryl methyl sites for hydroxylation is 2. The number of nitrogens with zero attached hydrogens (tertiary/aromatic N) is 4. The summed E-state index contributed by atoms with van der Waals surface area (Å²) in [5.74, 6) is -1.00. The van der Waals surface area contributed by atoms with E-state index in [9.17, 15) is 4.79 Å². The molecule has 0 spiro atoms. The minimum atomic E-state index is -1.00. The lowest BCUT2D eigenvalue weighted by molar-refractivity contribution is 0.0690. The summed E-state index contributed by atoms with van der Waals surface area (Å²) in [6.45, 7) is 1.74. The number of rotatable bonds is 3. The maximum Gasteiger partial charge on any atom is 0.355 e. The monoisotopic (exact) mass is 250 g/mol. The zero-order valence-corrected chi connectivity index (χ0v) is 10.1. The van der Waals surface area contributed by atoms with Gasteiger partial charge in [-0.15, -0.1) is 16.4 Å². The summed E-state index contributed by atoms with van der Waals surface area (Å²) in [5.41, 5.74) is 0.811. The van der Waals surface area contributed by atoms with Gasteiger partial charge in [-0.05, 0) is 19.1 Å². The highest BCUT2D eigenvalue weighted by Crippen LogP contribution is 2.19. The molecule has 2 rings (SSSR count). The number of thiazole rings is 1. The van der Waals surface area contributed by atoms with E-state index in [4.69, 9.17) is 5.11 Å². The van der Waals surface area contributed by atoms with Gasteiger partial charge in [0.1, 0.15) is 10.7 Å². The minimum absolute atomic E-state index is 0.105. The van der Waals surface area contributed by atoms with E-state index in [1.54, 1.807) is 37.0 Å². The Bertz CT molecular complexity index is 585. The first kappa shape index (κ1) is 11.5. The van der Waals surface area contributed by atoms with Crippen LogP contribution >= 0.6 is 11.3 Å². The highest BCUT2D eigenvalue weighted by atomic mass is 32.1. The predicted octanol–water partition coefficient (Wildman–Crippen LogP) is 1.45. The molecule has 0 amide bonds. The van der Waals surface area contributed by atoms with Crippen molar-refractivity contribution in [3.05, 3.63) is 27.5 Å². The molecule has 1 N–H and O–H groups in total.